The zero-order chi connectivity index (χ0) is 6.99. The third-order valence-electron chi connectivity index (χ3n) is 0.289. The molecule has 0 aromatic carbocycles. The molecule has 0 aromatic heterocycles. The van der Waals surface area contributed by atoms with Crippen molar-refractivity contribution in [1.29, 1.82) is 0 Å². The third kappa shape index (κ3) is 786. The minimum Gasteiger partial charge on any atom is -0.330 e. The molecule has 0 aliphatic heterocycles. The average Bonchev–Trinajstić information content (AvgIpc) is 1.65. The lowest BCUT2D eigenvalue weighted by atomic mass is 10.5. The van der Waals surface area contributed by atoms with Gasteiger partial charge in [0.15, 0.2) is 7.05 Å². The number of nitro groups is 1. The van der Waals surface area contributed by atoms with Crippen molar-refractivity contribution in [2.75, 3.05) is 13.6 Å². The van der Waals surface area contributed by atoms with Crippen molar-refractivity contribution in [3.63, 3.8) is 0 Å². The lowest BCUT2D eigenvalue weighted by molar-refractivity contribution is -0.445. The van der Waals surface area contributed by atoms with Crippen LogP contribution in [0.1, 0.15) is 13.3 Å². The highest BCUT2D eigenvalue weighted by atomic mass is 16.6. The van der Waals surface area contributed by atoms with Crippen LogP contribution in [0.15, 0.2) is 0 Å². The molecule has 0 radical (unpaired) electrons. The van der Waals surface area contributed by atoms with Crippen molar-refractivity contribution in [2.45, 2.75) is 13.3 Å². The maximum absolute atomic E-state index is 8.81. The Morgan fingerprint density at radius 1 is 1.75 bits per heavy atom. The smallest absolute Gasteiger partial charge is 0.194 e. The summed E-state index contributed by atoms with van der Waals surface area (Å²) in [6.07, 6.45) is 1.10. The van der Waals surface area contributed by atoms with Gasteiger partial charge in [-0.1, -0.05) is 6.92 Å². The van der Waals surface area contributed by atoms with E-state index in [1.807, 2.05) is 0 Å². The van der Waals surface area contributed by atoms with Crippen LogP contribution in [0.3, 0.4) is 0 Å². The zero-order valence-electron chi connectivity index (χ0n) is 5.26. The van der Waals surface area contributed by atoms with Crippen LogP contribution in [-0.4, -0.2) is 18.5 Å². The summed E-state index contributed by atoms with van der Waals surface area (Å²) in [6.45, 7) is 2.88. The Labute approximate surface area is 48.8 Å². The average molecular weight is 120 g/mol. The molecule has 2 N–H and O–H groups in total. The molecule has 0 aliphatic carbocycles. The summed E-state index contributed by atoms with van der Waals surface area (Å²) >= 11 is 0. The number of nitrogens with zero attached hydrogens (tertiary/aromatic N) is 1. The fourth-order valence-corrected chi connectivity index (χ4v) is 0. The van der Waals surface area contributed by atoms with E-state index in [4.69, 9.17) is 15.8 Å². The number of nitrogens with two attached hydrogens (primary N) is 1. The van der Waals surface area contributed by atoms with Gasteiger partial charge in [-0.2, -0.15) is 0 Å². The molecule has 0 atom stereocenters. The topological polar surface area (TPSA) is 69.2 Å². The van der Waals surface area contributed by atoms with E-state index >= 15 is 0 Å². The minimum absolute atomic E-state index is 0.500. The maximum atomic E-state index is 8.81. The number of hydrogen-bond acceptors (Lipinski definition) is 3. The van der Waals surface area contributed by atoms with E-state index in [1.165, 1.54) is 0 Å². The summed E-state index contributed by atoms with van der Waals surface area (Å²) in [5, 5.41) is 8.81. The Kier molecular flexibility index (Phi) is 12.5. The van der Waals surface area contributed by atoms with Gasteiger partial charge in [0.05, 0.1) is 0 Å². The summed E-state index contributed by atoms with van der Waals surface area (Å²) in [7, 11) is 0.889. The van der Waals surface area contributed by atoms with Crippen LogP contribution in [0.25, 0.3) is 0 Å². The van der Waals surface area contributed by atoms with Crippen LogP contribution in [0, 0.1) is 10.1 Å². The molecular formula is C4H12N2O2. The van der Waals surface area contributed by atoms with Gasteiger partial charge in [0.25, 0.3) is 0 Å². The predicted molar refractivity (Wildman–Crippen MR) is 32.3 cm³/mol. The highest BCUT2D eigenvalue weighted by Crippen LogP contribution is 1.57. The van der Waals surface area contributed by atoms with Crippen molar-refractivity contribution < 1.29 is 4.92 Å². The summed E-state index contributed by atoms with van der Waals surface area (Å²) in [5.41, 5.74) is 5.03. The van der Waals surface area contributed by atoms with Crippen LogP contribution < -0.4 is 5.73 Å². The first-order valence-corrected chi connectivity index (χ1v) is 2.43. The molecule has 0 bridgehead atoms. The number of hydrogen-bond donors (Lipinski definition) is 1. The molecule has 4 heteroatoms. The molecule has 0 spiro atoms. The molecule has 0 fully saturated rings. The third-order valence-corrected chi connectivity index (χ3v) is 0.289. The van der Waals surface area contributed by atoms with E-state index in [0.717, 1.165) is 20.0 Å². The Bertz CT molecular complexity index is 50.0. The van der Waals surface area contributed by atoms with E-state index in [2.05, 4.69) is 6.92 Å². The highest BCUT2D eigenvalue weighted by molar-refractivity contribution is 4.19. The number of rotatable bonds is 1. The van der Waals surface area contributed by atoms with Gasteiger partial charge in [-0.3, -0.25) is 10.1 Å². The Balaban J connectivity index is 0. The summed E-state index contributed by atoms with van der Waals surface area (Å²) in [4.78, 5) is 8.31. The van der Waals surface area contributed by atoms with Crippen LogP contribution in [0.2, 0.25) is 0 Å². The Hall–Kier alpha value is -0.640. The second kappa shape index (κ2) is 9.61. The first-order valence-electron chi connectivity index (χ1n) is 2.43. The second-order valence-electron chi connectivity index (χ2n) is 1.23. The molecule has 0 aliphatic rings. The maximum Gasteiger partial charge on any atom is 0.194 e. The second-order valence-corrected chi connectivity index (χ2v) is 1.23. The van der Waals surface area contributed by atoms with Gasteiger partial charge in [-0.15, -0.1) is 0 Å². The minimum atomic E-state index is -0.500. The van der Waals surface area contributed by atoms with E-state index in [1.54, 1.807) is 0 Å². The van der Waals surface area contributed by atoms with Gasteiger partial charge in [0.2, 0.25) is 0 Å². The van der Waals surface area contributed by atoms with Gasteiger partial charge >= 0.3 is 0 Å². The van der Waals surface area contributed by atoms with Crippen molar-refractivity contribution >= 4 is 0 Å². The van der Waals surface area contributed by atoms with Crippen molar-refractivity contribution in [3.8, 4) is 0 Å². The van der Waals surface area contributed by atoms with Gasteiger partial charge in [0.1, 0.15) is 0 Å². The van der Waals surface area contributed by atoms with Crippen molar-refractivity contribution in [2.24, 2.45) is 5.73 Å². The SMILES string of the molecule is CCCN.C[N+](=O)[O-]. The largest absolute Gasteiger partial charge is 0.330 e. The molecule has 50 valence electrons. The molecule has 0 rings (SSSR count). The van der Waals surface area contributed by atoms with E-state index in [-0.39, 0.29) is 0 Å². The van der Waals surface area contributed by atoms with Crippen LogP contribution in [-0.2, 0) is 0 Å². The molecular weight excluding hydrogens is 108 g/mol. The first kappa shape index (κ1) is 10.4. The molecule has 0 heterocycles. The monoisotopic (exact) mass is 120 g/mol. The van der Waals surface area contributed by atoms with Crippen molar-refractivity contribution in [3.05, 3.63) is 10.1 Å². The highest BCUT2D eigenvalue weighted by Gasteiger charge is 1.57. The molecule has 4 nitrogen and oxygen atoms in total. The van der Waals surface area contributed by atoms with Crippen LogP contribution in [0.4, 0.5) is 0 Å². The summed E-state index contributed by atoms with van der Waals surface area (Å²) < 4.78 is 0. The van der Waals surface area contributed by atoms with E-state index in [9.17, 15) is 0 Å². The normalized spacial score (nSPS) is 6.88. The van der Waals surface area contributed by atoms with Gasteiger partial charge in [-0.25, -0.2) is 0 Å². The first-order chi connectivity index (χ1) is 3.65. The van der Waals surface area contributed by atoms with E-state index < -0.39 is 4.92 Å². The molecule has 0 saturated heterocycles. The zero-order valence-corrected chi connectivity index (χ0v) is 5.26. The quantitative estimate of drug-likeness (QED) is 0.398. The predicted octanol–water partition coefficient (Wildman–Crippen LogP) is 0.248. The van der Waals surface area contributed by atoms with Crippen molar-refractivity contribution in [1.82, 2.24) is 0 Å². The lowest BCUT2D eigenvalue weighted by Crippen LogP contribution is -1.93. The van der Waals surface area contributed by atoms with Crippen LogP contribution >= 0.6 is 0 Å². The standard InChI is InChI=1S/C3H9N.CH3NO2/c1-2-3-4;1-2(3)4/h2-4H2,1H3;1H3. The van der Waals surface area contributed by atoms with Crippen LogP contribution in [0.5, 0.6) is 0 Å². The molecule has 0 saturated carbocycles. The molecule has 0 aromatic rings. The summed E-state index contributed by atoms with van der Waals surface area (Å²) in [5.74, 6) is 0. The molecule has 0 unspecified atom stereocenters. The molecule has 8 heavy (non-hydrogen) atoms. The van der Waals surface area contributed by atoms with E-state index in [0.29, 0.717) is 0 Å². The van der Waals surface area contributed by atoms with Gasteiger partial charge < -0.3 is 5.73 Å². The molecule has 0 amide bonds. The Morgan fingerprint density at radius 3 is 1.88 bits per heavy atom. The van der Waals surface area contributed by atoms with Gasteiger partial charge in [-0.05, 0) is 13.0 Å². The fourth-order valence-electron chi connectivity index (χ4n) is 0. The lowest BCUT2D eigenvalue weighted by Gasteiger charge is -1.70. The van der Waals surface area contributed by atoms with Gasteiger partial charge in [0, 0.05) is 4.92 Å². The fraction of sp³-hybridized carbons (Fsp3) is 1.00. The Morgan fingerprint density at radius 2 is 1.88 bits per heavy atom. The summed E-state index contributed by atoms with van der Waals surface area (Å²) in [6, 6.07) is 0.